The molecule has 6 heteroatoms. The third-order valence-corrected chi connectivity index (χ3v) is 4.41. The van der Waals surface area contributed by atoms with Crippen molar-refractivity contribution in [3.8, 4) is 0 Å². The zero-order chi connectivity index (χ0) is 13.9. The van der Waals surface area contributed by atoms with E-state index in [0.29, 0.717) is 32.6 Å². The summed E-state index contributed by atoms with van der Waals surface area (Å²) in [6.07, 6.45) is 1.71. The molecule has 1 amide bonds. The third kappa shape index (κ3) is 2.90. The Morgan fingerprint density at radius 2 is 2.00 bits per heavy atom. The zero-order valence-corrected chi connectivity index (χ0v) is 11.3. The molecule has 2 aliphatic rings. The minimum atomic E-state index is -0.865. The second-order valence-electron chi connectivity index (χ2n) is 5.87. The number of carboxylic acids is 1. The van der Waals surface area contributed by atoms with Gasteiger partial charge in [0.15, 0.2) is 0 Å². The highest BCUT2D eigenvalue weighted by Crippen LogP contribution is 2.31. The molecule has 6 nitrogen and oxygen atoms in total. The summed E-state index contributed by atoms with van der Waals surface area (Å²) in [7, 11) is 0. The van der Waals surface area contributed by atoms with Gasteiger partial charge in [-0.1, -0.05) is 0 Å². The monoisotopic (exact) mass is 270 g/mol. The van der Waals surface area contributed by atoms with Crippen molar-refractivity contribution in [2.75, 3.05) is 32.8 Å². The Labute approximate surface area is 112 Å². The Balaban J connectivity index is 1.95. The summed E-state index contributed by atoms with van der Waals surface area (Å²) in [5.41, 5.74) is -1.28. The molecule has 2 aliphatic heterocycles. The lowest BCUT2D eigenvalue weighted by Crippen LogP contribution is -2.50. The van der Waals surface area contributed by atoms with E-state index in [9.17, 15) is 14.7 Å². The fourth-order valence-corrected chi connectivity index (χ4v) is 2.70. The number of carboxylic acid groups (broad SMARTS) is 1. The third-order valence-electron chi connectivity index (χ3n) is 4.41. The van der Waals surface area contributed by atoms with Crippen LogP contribution in [-0.2, 0) is 14.3 Å². The second-order valence-corrected chi connectivity index (χ2v) is 5.87. The van der Waals surface area contributed by atoms with Crippen LogP contribution in [0, 0.1) is 10.8 Å². The second kappa shape index (κ2) is 5.46. The van der Waals surface area contributed by atoms with Crippen LogP contribution < -0.4 is 10.6 Å². The molecule has 2 rings (SSSR count). The number of hydrogen-bond acceptors (Lipinski definition) is 4. The van der Waals surface area contributed by atoms with Crippen molar-refractivity contribution in [1.82, 2.24) is 10.6 Å². The van der Waals surface area contributed by atoms with Crippen molar-refractivity contribution < 1.29 is 19.4 Å². The van der Waals surface area contributed by atoms with E-state index in [2.05, 4.69) is 10.6 Å². The molecule has 1 atom stereocenters. The summed E-state index contributed by atoms with van der Waals surface area (Å²) in [5.74, 6) is -0.893. The number of amides is 1. The topological polar surface area (TPSA) is 87.7 Å². The van der Waals surface area contributed by atoms with E-state index in [0.717, 1.165) is 13.0 Å². The molecule has 3 N–H and O–H groups in total. The molecule has 0 spiro atoms. The van der Waals surface area contributed by atoms with Gasteiger partial charge >= 0.3 is 5.97 Å². The lowest BCUT2D eigenvalue weighted by Gasteiger charge is -2.34. The van der Waals surface area contributed by atoms with E-state index in [4.69, 9.17) is 4.74 Å². The maximum absolute atomic E-state index is 12.2. The van der Waals surface area contributed by atoms with E-state index in [1.165, 1.54) is 0 Å². The standard InChI is InChI=1S/C13H22N2O4/c1-12(2-5-14-8-12)10(16)15-9-13(11(17)18)3-6-19-7-4-13/h14H,2-9H2,1H3,(H,15,16)(H,17,18). The van der Waals surface area contributed by atoms with Crippen LogP contribution in [0.4, 0.5) is 0 Å². The first-order valence-corrected chi connectivity index (χ1v) is 6.79. The maximum atomic E-state index is 12.2. The molecule has 2 fully saturated rings. The average Bonchev–Trinajstić information content (AvgIpc) is 2.85. The van der Waals surface area contributed by atoms with Gasteiger partial charge in [0.1, 0.15) is 0 Å². The Hall–Kier alpha value is -1.14. The van der Waals surface area contributed by atoms with E-state index >= 15 is 0 Å². The predicted octanol–water partition coefficient (Wildman–Crippen LogP) is -0.0164. The van der Waals surface area contributed by atoms with E-state index in [-0.39, 0.29) is 12.5 Å². The first-order chi connectivity index (χ1) is 8.99. The quantitative estimate of drug-likeness (QED) is 0.668. The first kappa shape index (κ1) is 14.3. The minimum absolute atomic E-state index is 0.0513. The highest BCUT2D eigenvalue weighted by Gasteiger charge is 2.42. The van der Waals surface area contributed by atoms with E-state index in [1.54, 1.807) is 0 Å². The Bertz CT molecular complexity index is 358. The maximum Gasteiger partial charge on any atom is 0.311 e. The fourth-order valence-electron chi connectivity index (χ4n) is 2.70. The molecule has 0 saturated carbocycles. The summed E-state index contributed by atoms with van der Waals surface area (Å²) in [4.78, 5) is 23.7. The van der Waals surface area contributed by atoms with Crippen molar-refractivity contribution in [3.63, 3.8) is 0 Å². The van der Waals surface area contributed by atoms with Gasteiger partial charge in [-0.05, 0) is 32.7 Å². The van der Waals surface area contributed by atoms with Gasteiger partial charge in [-0.3, -0.25) is 9.59 Å². The number of rotatable bonds is 4. The number of ether oxygens (including phenoxy) is 1. The van der Waals surface area contributed by atoms with Gasteiger partial charge in [0.2, 0.25) is 5.91 Å². The lowest BCUT2D eigenvalue weighted by molar-refractivity contribution is -0.155. The van der Waals surface area contributed by atoms with Gasteiger partial charge in [-0.15, -0.1) is 0 Å². The molecule has 19 heavy (non-hydrogen) atoms. The Morgan fingerprint density at radius 1 is 1.32 bits per heavy atom. The van der Waals surface area contributed by atoms with Crippen LogP contribution in [0.5, 0.6) is 0 Å². The van der Waals surface area contributed by atoms with Crippen LogP contribution in [0.3, 0.4) is 0 Å². The smallest absolute Gasteiger partial charge is 0.311 e. The number of nitrogens with one attached hydrogen (secondary N) is 2. The van der Waals surface area contributed by atoms with Crippen molar-refractivity contribution in [1.29, 1.82) is 0 Å². The van der Waals surface area contributed by atoms with Crippen LogP contribution in [0.2, 0.25) is 0 Å². The van der Waals surface area contributed by atoms with E-state index in [1.807, 2.05) is 6.92 Å². The van der Waals surface area contributed by atoms with Crippen LogP contribution in [0.25, 0.3) is 0 Å². The molecule has 1 unspecified atom stereocenters. The largest absolute Gasteiger partial charge is 0.481 e. The lowest BCUT2D eigenvalue weighted by atomic mass is 9.79. The van der Waals surface area contributed by atoms with Crippen LogP contribution >= 0.6 is 0 Å². The van der Waals surface area contributed by atoms with Crippen molar-refractivity contribution in [2.24, 2.45) is 10.8 Å². The predicted molar refractivity (Wildman–Crippen MR) is 68.7 cm³/mol. The molecule has 108 valence electrons. The van der Waals surface area contributed by atoms with Crippen molar-refractivity contribution in [3.05, 3.63) is 0 Å². The molecule has 0 aliphatic carbocycles. The van der Waals surface area contributed by atoms with Gasteiger partial charge in [-0.2, -0.15) is 0 Å². The van der Waals surface area contributed by atoms with Gasteiger partial charge in [-0.25, -0.2) is 0 Å². The Morgan fingerprint density at radius 3 is 2.53 bits per heavy atom. The van der Waals surface area contributed by atoms with Crippen LogP contribution in [-0.4, -0.2) is 49.8 Å². The van der Waals surface area contributed by atoms with Gasteiger partial charge in [0.05, 0.1) is 10.8 Å². The zero-order valence-electron chi connectivity index (χ0n) is 11.3. The number of hydrogen-bond donors (Lipinski definition) is 3. The molecule has 0 aromatic heterocycles. The molecule has 2 heterocycles. The molecule has 2 saturated heterocycles. The summed E-state index contributed by atoms with van der Waals surface area (Å²) in [6.45, 7) is 4.49. The molecule has 0 bridgehead atoms. The molecular weight excluding hydrogens is 248 g/mol. The van der Waals surface area contributed by atoms with Crippen LogP contribution in [0.1, 0.15) is 26.2 Å². The summed E-state index contributed by atoms with van der Waals surface area (Å²) < 4.78 is 5.22. The Kier molecular flexibility index (Phi) is 4.10. The highest BCUT2D eigenvalue weighted by molar-refractivity contribution is 5.84. The molecule has 0 aromatic carbocycles. The van der Waals surface area contributed by atoms with Crippen LogP contribution in [0.15, 0.2) is 0 Å². The molecule has 0 aromatic rings. The molecular formula is C13H22N2O4. The number of aliphatic carboxylic acids is 1. The minimum Gasteiger partial charge on any atom is -0.481 e. The SMILES string of the molecule is CC1(C(=O)NCC2(C(=O)O)CCOCC2)CCNC1. The summed E-state index contributed by atoms with van der Waals surface area (Å²) >= 11 is 0. The fraction of sp³-hybridized carbons (Fsp3) is 0.846. The number of carbonyl (C=O) groups excluding carboxylic acids is 1. The van der Waals surface area contributed by atoms with Gasteiger partial charge in [0.25, 0.3) is 0 Å². The average molecular weight is 270 g/mol. The first-order valence-electron chi connectivity index (χ1n) is 6.79. The summed E-state index contributed by atoms with van der Waals surface area (Å²) in [5, 5.41) is 15.4. The van der Waals surface area contributed by atoms with Gasteiger partial charge < -0.3 is 20.5 Å². The highest BCUT2D eigenvalue weighted by atomic mass is 16.5. The summed E-state index contributed by atoms with van der Waals surface area (Å²) in [6, 6.07) is 0. The van der Waals surface area contributed by atoms with Crippen molar-refractivity contribution in [2.45, 2.75) is 26.2 Å². The molecule has 0 radical (unpaired) electrons. The normalized spacial score (nSPS) is 29.9. The van der Waals surface area contributed by atoms with E-state index < -0.39 is 16.8 Å². The van der Waals surface area contributed by atoms with Crippen molar-refractivity contribution >= 4 is 11.9 Å². The van der Waals surface area contributed by atoms with Gasteiger partial charge in [0, 0.05) is 26.3 Å². The number of carbonyl (C=O) groups is 2.